The highest BCUT2D eigenvalue weighted by Crippen LogP contribution is 2.15. The average molecular weight is 161 g/mol. The number of hydrogen-bond acceptors (Lipinski definition) is 2. The number of fused-ring (bicyclic) bond motifs is 1. The second-order valence-electron chi connectivity index (χ2n) is 2.86. The van der Waals surface area contributed by atoms with Gasteiger partial charge in [-0.25, -0.2) is 9.97 Å². The van der Waals surface area contributed by atoms with Gasteiger partial charge in [-0.1, -0.05) is 6.92 Å². The third-order valence-electron chi connectivity index (χ3n) is 2.20. The van der Waals surface area contributed by atoms with Crippen LogP contribution in [0.4, 0.5) is 0 Å². The van der Waals surface area contributed by atoms with Gasteiger partial charge in [0.25, 0.3) is 0 Å². The van der Waals surface area contributed by atoms with Gasteiger partial charge in [0.2, 0.25) is 0 Å². The van der Waals surface area contributed by atoms with Crippen molar-refractivity contribution in [3.8, 4) is 0 Å². The molecule has 2 aromatic heterocycles. The zero-order valence-corrected chi connectivity index (χ0v) is 7.26. The van der Waals surface area contributed by atoms with Crippen molar-refractivity contribution in [2.75, 3.05) is 0 Å². The first-order valence-corrected chi connectivity index (χ1v) is 4.10. The summed E-state index contributed by atoms with van der Waals surface area (Å²) >= 11 is 0. The van der Waals surface area contributed by atoms with Crippen LogP contribution >= 0.6 is 0 Å². The minimum Gasteiger partial charge on any atom is -0.343 e. The fourth-order valence-electron chi connectivity index (χ4n) is 1.41. The molecule has 0 atom stereocenters. The van der Waals surface area contributed by atoms with E-state index < -0.39 is 0 Å². The van der Waals surface area contributed by atoms with E-state index in [-0.39, 0.29) is 0 Å². The van der Waals surface area contributed by atoms with E-state index >= 15 is 0 Å². The third kappa shape index (κ3) is 0.897. The summed E-state index contributed by atoms with van der Waals surface area (Å²) in [6, 6.07) is 0. The van der Waals surface area contributed by atoms with Gasteiger partial charge >= 0.3 is 0 Å². The molecule has 0 aromatic carbocycles. The Morgan fingerprint density at radius 2 is 2.25 bits per heavy atom. The van der Waals surface area contributed by atoms with Crippen LogP contribution < -0.4 is 0 Å². The fraction of sp³-hybridized carbons (Fsp3) is 0.333. The molecule has 2 rings (SSSR count). The number of hydrogen-bond donors (Lipinski definition) is 1. The SMILES string of the molecule is CCc1cnc2nc[nH]c2c1C. The number of nitrogens with one attached hydrogen (secondary N) is 1. The first kappa shape index (κ1) is 7.28. The fourth-order valence-corrected chi connectivity index (χ4v) is 1.41. The molecule has 62 valence electrons. The standard InChI is InChI=1S/C9H11N3/c1-3-7-4-10-9-8(6(7)2)11-5-12-9/h4-5H,3H2,1-2H3,(H,10,11,12). The quantitative estimate of drug-likeness (QED) is 0.693. The summed E-state index contributed by atoms with van der Waals surface area (Å²) in [6.45, 7) is 4.23. The van der Waals surface area contributed by atoms with Crippen LogP contribution in [0.1, 0.15) is 18.1 Å². The number of nitrogens with zero attached hydrogens (tertiary/aromatic N) is 2. The number of imidazole rings is 1. The van der Waals surface area contributed by atoms with Crippen LogP contribution in [-0.4, -0.2) is 15.0 Å². The molecule has 0 saturated heterocycles. The van der Waals surface area contributed by atoms with E-state index in [0.29, 0.717) is 0 Å². The molecule has 1 N–H and O–H groups in total. The maximum atomic E-state index is 4.23. The van der Waals surface area contributed by atoms with Crippen LogP contribution in [0.15, 0.2) is 12.5 Å². The van der Waals surface area contributed by atoms with Gasteiger partial charge < -0.3 is 4.98 Å². The van der Waals surface area contributed by atoms with Crippen molar-refractivity contribution in [3.63, 3.8) is 0 Å². The molecular weight excluding hydrogens is 150 g/mol. The van der Waals surface area contributed by atoms with Crippen molar-refractivity contribution in [2.24, 2.45) is 0 Å². The zero-order chi connectivity index (χ0) is 8.55. The van der Waals surface area contributed by atoms with Crippen LogP contribution in [0, 0.1) is 6.92 Å². The van der Waals surface area contributed by atoms with E-state index in [0.717, 1.165) is 17.6 Å². The summed E-state index contributed by atoms with van der Waals surface area (Å²) in [5, 5.41) is 0. The van der Waals surface area contributed by atoms with Crippen molar-refractivity contribution in [3.05, 3.63) is 23.7 Å². The Morgan fingerprint density at radius 3 is 3.00 bits per heavy atom. The van der Waals surface area contributed by atoms with E-state index in [1.165, 1.54) is 11.1 Å². The predicted molar refractivity (Wildman–Crippen MR) is 48.0 cm³/mol. The Balaban J connectivity index is 2.78. The molecule has 0 aliphatic heterocycles. The van der Waals surface area contributed by atoms with E-state index in [1.807, 2.05) is 6.20 Å². The van der Waals surface area contributed by atoms with Crippen molar-refractivity contribution < 1.29 is 0 Å². The number of aromatic amines is 1. The number of rotatable bonds is 1. The maximum Gasteiger partial charge on any atom is 0.177 e. The molecule has 12 heavy (non-hydrogen) atoms. The van der Waals surface area contributed by atoms with Crippen LogP contribution in [0.3, 0.4) is 0 Å². The Hall–Kier alpha value is -1.38. The molecule has 0 saturated carbocycles. The van der Waals surface area contributed by atoms with Crippen LogP contribution in [0.25, 0.3) is 11.2 Å². The number of aromatic nitrogens is 3. The van der Waals surface area contributed by atoms with Gasteiger partial charge in [-0.3, -0.25) is 0 Å². The Kier molecular flexibility index (Phi) is 1.57. The smallest absolute Gasteiger partial charge is 0.177 e. The summed E-state index contributed by atoms with van der Waals surface area (Å²) < 4.78 is 0. The molecule has 0 unspecified atom stereocenters. The lowest BCUT2D eigenvalue weighted by atomic mass is 10.1. The highest BCUT2D eigenvalue weighted by Gasteiger charge is 2.03. The van der Waals surface area contributed by atoms with Gasteiger partial charge in [-0.2, -0.15) is 0 Å². The summed E-state index contributed by atoms with van der Waals surface area (Å²) in [7, 11) is 0. The first-order valence-electron chi connectivity index (χ1n) is 4.10. The minimum absolute atomic E-state index is 0.810. The molecule has 0 bridgehead atoms. The number of pyridine rings is 1. The van der Waals surface area contributed by atoms with Gasteiger partial charge in [0.15, 0.2) is 5.65 Å². The van der Waals surface area contributed by atoms with Crippen molar-refractivity contribution in [1.29, 1.82) is 0 Å². The molecule has 0 radical (unpaired) electrons. The molecule has 0 aliphatic carbocycles. The third-order valence-corrected chi connectivity index (χ3v) is 2.20. The molecule has 0 aliphatic rings. The van der Waals surface area contributed by atoms with E-state index in [4.69, 9.17) is 0 Å². The predicted octanol–water partition coefficient (Wildman–Crippen LogP) is 1.83. The monoisotopic (exact) mass is 161 g/mol. The molecule has 2 heterocycles. The van der Waals surface area contributed by atoms with Crippen LogP contribution in [-0.2, 0) is 6.42 Å². The second kappa shape index (κ2) is 2.59. The lowest BCUT2D eigenvalue weighted by Gasteiger charge is -2.01. The highest BCUT2D eigenvalue weighted by molar-refractivity contribution is 5.74. The molecule has 2 aromatic rings. The van der Waals surface area contributed by atoms with E-state index in [9.17, 15) is 0 Å². The van der Waals surface area contributed by atoms with Gasteiger partial charge in [0.05, 0.1) is 11.8 Å². The average Bonchev–Trinajstić information content (AvgIpc) is 2.53. The van der Waals surface area contributed by atoms with E-state index in [1.54, 1.807) is 6.33 Å². The van der Waals surface area contributed by atoms with Gasteiger partial charge in [0, 0.05) is 6.20 Å². The zero-order valence-electron chi connectivity index (χ0n) is 7.26. The van der Waals surface area contributed by atoms with Crippen LogP contribution in [0.2, 0.25) is 0 Å². The van der Waals surface area contributed by atoms with E-state index in [2.05, 4.69) is 28.8 Å². The molecule has 3 nitrogen and oxygen atoms in total. The van der Waals surface area contributed by atoms with Crippen molar-refractivity contribution in [1.82, 2.24) is 15.0 Å². The number of aryl methyl sites for hydroxylation is 2. The van der Waals surface area contributed by atoms with Crippen molar-refractivity contribution >= 4 is 11.2 Å². The van der Waals surface area contributed by atoms with Gasteiger partial charge in [-0.05, 0) is 24.5 Å². The normalized spacial score (nSPS) is 10.8. The highest BCUT2D eigenvalue weighted by atomic mass is 14.9. The van der Waals surface area contributed by atoms with Gasteiger partial charge in [-0.15, -0.1) is 0 Å². The molecular formula is C9H11N3. The Labute approximate surface area is 70.9 Å². The molecule has 0 fully saturated rings. The summed E-state index contributed by atoms with van der Waals surface area (Å²) in [5.41, 5.74) is 4.42. The topological polar surface area (TPSA) is 41.6 Å². The minimum atomic E-state index is 0.810. The summed E-state index contributed by atoms with van der Waals surface area (Å²) in [5.74, 6) is 0. The lowest BCUT2D eigenvalue weighted by molar-refractivity contribution is 1.09. The Morgan fingerprint density at radius 1 is 1.42 bits per heavy atom. The summed E-state index contributed by atoms with van der Waals surface area (Å²) in [6.07, 6.45) is 4.61. The number of H-pyrrole nitrogens is 1. The van der Waals surface area contributed by atoms with Gasteiger partial charge in [0.1, 0.15) is 0 Å². The Bertz CT molecular complexity index is 403. The molecule has 0 amide bonds. The summed E-state index contributed by atoms with van der Waals surface area (Å²) in [4.78, 5) is 11.4. The molecule has 3 heteroatoms. The van der Waals surface area contributed by atoms with Crippen molar-refractivity contribution in [2.45, 2.75) is 20.3 Å². The van der Waals surface area contributed by atoms with Crippen LogP contribution in [0.5, 0.6) is 0 Å². The first-order chi connectivity index (χ1) is 5.83. The maximum absolute atomic E-state index is 4.23. The lowest BCUT2D eigenvalue weighted by Crippen LogP contribution is -1.90. The second-order valence-corrected chi connectivity index (χ2v) is 2.86. The largest absolute Gasteiger partial charge is 0.343 e. The molecule has 0 spiro atoms.